The zero-order valence-corrected chi connectivity index (χ0v) is 24.6. The van der Waals surface area contributed by atoms with Crippen molar-refractivity contribution in [2.45, 2.75) is 27.7 Å². The molecule has 40 heavy (non-hydrogen) atoms. The van der Waals surface area contributed by atoms with Crippen molar-refractivity contribution in [3.05, 3.63) is 130 Å². The van der Waals surface area contributed by atoms with Gasteiger partial charge in [0.05, 0.1) is 23.8 Å². The largest absolute Gasteiger partial charge is 0.255 e. The van der Waals surface area contributed by atoms with Crippen molar-refractivity contribution in [1.82, 2.24) is 10.9 Å². The molecule has 8 heteroatoms. The minimum Gasteiger partial charge on any atom is -0.255 e. The maximum Gasteiger partial charge on any atom is 0.193 e. The number of aliphatic imine (C=N–C) groups is 2. The van der Waals surface area contributed by atoms with Crippen molar-refractivity contribution >= 4 is 55.7 Å². The van der Waals surface area contributed by atoms with E-state index in [1.54, 1.807) is 12.4 Å². The van der Waals surface area contributed by atoms with E-state index in [0.717, 1.165) is 22.5 Å². The minimum atomic E-state index is 0.609. The van der Waals surface area contributed by atoms with Crippen molar-refractivity contribution in [2.75, 3.05) is 0 Å². The van der Waals surface area contributed by atoms with Crippen LogP contribution in [0.15, 0.2) is 117 Å². The van der Waals surface area contributed by atoms with Gasteiger partial charge in [0.2, 0.25) is 0 Å². The van der Waals surface area contributed by atoms with E-state index in [2.05, 4.69) is 73.0 Å². The average molecular weight is 565 g/mol. The van der Waals surface area contributed by atoms with Crippen LogP contribution in [0.1, 0.15) is 33.4 Å². The predicted octanol–water partition coefficient (Wildman–Crippen LogP) is 8.22. The first-order valence-electron chi connectivity index (χ1n) is 12.8. The average Bonchev–Trinajstić information content (AvgIpc) is 2.96. The summed E-state index contributed by atoms with van der Waals surface area (Å²) in [5.74, 6) is 0. The van der Waals surface area contributed by atoms with E-state index >= 15 is 0 Å². The second kappa shape index (κ2) is 14.9. The Morgan fingerprint density at radius 1 is 0.475 bits per heavy atom. The van der Waals surface area contributed by atoms with Crippen LogP contribution in [-0.4, -0.2) is 22.8 Å². The number of aryl methyl sites for hydroxylation is 4. The first kappa shape index (κ1) is 28.9. The number of hydrazone groups is 2. The molecule has 202 valence electrons. The van der Waals surface area contributed by atoms with Gasteiger partial charge in [-0.2, -0.15) is 10.2 Å². The molecule has 0 aromatic heterocycles. The van der Waals surface area contributed by atoms with Gasteiger partial charge in [-0.3, -0.25) is 10.9 Å². The van der Waals surface area contributed by atoms with E-state index in [0.29, 0.717) is 10.3 Å². The number of benzene rings is 4. The van der Waals surface area contributed by atoms with Gasteiger partial charge in [-0.15, -0.1) is 0 Å². The minimum absolute atomic E-state index is 0.609. The van der Waals surface area contributed by atoms with Crippen molar-refractivity contribution in [3.63, 3.8) is 0 Å². The van der Waals surface area contributed by atoms with Crippen molar-refractivity contribution in [3.8, 4) is 0 Å². The van der Waals surface area contributed by atoms with Crippen LogP contribution in [0.4, 0.5) is 11.4 Å². The van der Waals surface area contributed by atoms with Gasteiger partial charge in [0.15, 0.2) is 10.3 Å². The number of nitrogens with one attached hydrogen (secondary N) is 2. The first-order chi connectivity index (χ1) is 19.4. The van der Waals surface area contributed by atoms with Gasteiger partial charge in [-0.1, -0.05) is 95.1 Å². The quantitative estimate of drug-likeness (QED) is 0.107. The van der Waals surface area contributed by atoms with Gasteiger partial charge in [-0.05, 0) is 84.7 Å². The lowest BCUT2D eigenvalue weighted by atomic mass is 10.2. The molecule has 0 aliphatic heterocycles. The fourth-order valence-electron chi connectivity index (χ4n) is 3.31. The van der Waals surface area contributed by atoms with Gasteiger partial charge in [0.1, 0.15) is 0 Å². The molecule has 0 amide bonds. The van der Waals surface area contributed by atoms with Crippen LogP contribution in [0.2, 0.25) is 0 Å². The summed E-state index contributed by atoms with van der Waals surface area (Å²) in [4.78, 5) is 9.57. The fourth-order valence-corrected chi connectivity index (χ4v) is 4.85. The Balaban J connectivity index is 1.53. The lowest BCUT2D eigenvalue weighted by Crippen LogP contribution is -2.16. The molecule has 0 unspecified atom stereocenters. The summed E-state index contributed by atoms with van der Waals surface area (Å²) >= 11 is 0. The Morgan fingerprint density at radius 3 is 1.10 bits per heavy atom. The molecule has 0 spiro atoms. The highest BCUT2D eigenvalue weighted by Gasteiger charge is 2.07. The van der Waals surface area contributed by atoms with E-state index in [1.165, 1.54) is 43.8 Å². The molecule has 0 saturated carbocycles. The summed E-state index contributed by atoms with van der Waals surface area (Å²) < 4.78 is 0. The summed E-state index contributed by atoms with van der Waals surface area (Å²) in [6, 6.07) is 32.4. The molecule has 0 aliphatic rings. The van der Waals surface area contributed by atoms with Crippen LogP contribution in [0.25, 0.3) is 0 Å². The number of rotatable bonds is 6. The molecule has 0 heterocycles. The van der Waals surface area contributed by atoms with Crippen LogP contribution in [0.5, 0.6) is 0 Å². The molecule has 4 aromatic rings. The van der Waals surface area contributed by atoms with Crippen molar-refractivity contribution in [2.24, 2.45) is 20.2 Å². The molecule has 0 bridgehead atoms. The number of amidine groups is 2. The maximum atomic E-state index is 4.78. The van der Waals surface area contributed by atoms with Crippen LogP contribution >= 0.6 is 21.6 Å². The van der Waals surface area contributed by atoms with Crippen LogP contribution in [0.3, 0.4) is 0 Å². The Labute approximate surface area is 244 Å². The zero-order chi connectivity index (χ0) is 28.2. The summed E-state index contributed by atoms with van der Waals surface area (Å²) in [5, 5.41) is 10.1. The fraction of sp³-hybridized carbons (Fsp3) is 0.125. The molecule has 0 aliphatic carbocycles. The Hall–Kier alpha value is -4.14. The Kier molecular flexibility index (Phi) is 10.7. The highest BCUT2D eigenvalue weighted by atomic mass is 33.1. The number of nitrogens with zero attached hydrogens (tertiary/aromatic N) is 4. The molecule has 0 fully saturated rings. The monoisotopic (exact) mass is 564 g/mol. The van der Waals surface area contributed by atoms with Gasteiger partial charge in [0.25, 0.3) is 0 Å². The predicted molar refractivity (Wildman–Crippen MR) is 176 cm³/mol. The van der Waals surface area contributed by atoms with E-state index in [9.17, 15) is 0 Å². The smallest absolute Gasteiger partial charge is 0.193 e. The van der Waals surface area contributed by atoms with Gasteiger partial charge in [-0.25, -0.2) is 9.98 Å². The lowest BCUT2D eigenvalue weighted by Gasteiger charge is -2.08. The Morgan fingerprint density at radius 2 is 0.775 bits per heavy atom. The third kappa shape index (κ3) is 9.87. The SMILES string of the molecule is Cc1ccc(/C=N/NC(=Nc2ccc(C)cc2)SSC(=Nc2ccc(C)cc2)N/N=C/c2ccc(C)cc2)cc1. The van der Waals surface area contributed by atoms with Crippen LogP contribution < -0.4 is 10.9 Å². The van der Waals surface area contributed by atoms with E-state index in [-0.39, 0.29) is 0 Å². The highest BCUT2D eigenvalue weighted by molar-refractivity contribution is 8.87. The molecule has 4 aromatic carbocycles. The number of hydrogen-bond acceptors (Lipinski definition) is 6. The molecule has 0 radical (unpaired) electrons. The van der Waals surface area contributed by atoms with E-state index in [4.69, 9.17) is 9.98 Å². The summed E-state index contributed by atoms with van der Waals surface area (Å²) in [6.45, 7) is 8.24. The van der Waals surface area contributed by atoms with Crippen molar-refractivity contribution < 1.29 is 0 Å². The molecule has 0 saturated heterocycles. The normalized spacial score (nSPS) is 12.3. The van der Waals surface area contributed by atoms with Gasteiger partial charge >= 0.3 is 0 Å². The third-order valence-electron chi connectivity index (χ3n) is 5.63. The highest BCUT2D eigenvalue weighted by Crippen LogP contribution is 2.27. The van der Waals surface area contributed by atoms with Crippen LogP contribution in [0, 0.1) is 27.7 Å². The third-order valence-corrected chi connectivity index (χ3v) is 7.59. The van der Waals surface area contributed by atoms with E-state index in [1.807, 2.05) is 72.8 Å². The Bertz CT molecular complexity index is 1370. The van der Waals surface area contributed by atoms with Crippen LogP contribution in [-0.2, 0) is 0 Å². The molecule has 0 atom stereocenters. The van der Waals surface area contributed by atoms with E-state index < -0.39 is 0 Å². The number of hydrogen-bond donors (Lipinski definition) is 2. The van der Waals surface area contributed by atoms with Gasteiger partial charge < -0.3 is 0 Å². The summed E-state index contributed by atoms with van der Waals surface area (Å²) in [7, 11) is 2.82. The maximum absolute atomic E-state index is 4.78. The topological polar surface area (TPSA) is 73.5 Å². The lowest BCUT2D eigenvalue weighted by molar-refractivity contribution is 1.05. The molecule has 2 N–H and O–H groups in total. The second-order valence-electron chi connectivity index (χ2n) is 9.23. The standard InChI is InChI=1S/C32H32N6S2/c1-23-5-13-27(14-6-23)21-33-37-31(35-29-17-9-25(3)10-18-29)39-40-32(36-30-19-11-26(4)12-20-30)38-34-22-28-15-7-24(2)8-16-28/h5-22H,1-4H3,(H,35,37)(H,36,38)/b33-21+,34-22+. The zero-order valence-electron chi connectivity index (χ0n) is 23.0. The molecule has 6 nitrogen and oxygen atoms in total. The molecular formula is C32H32N6S2. The molecule has 4 rings (SSSR count). The summed E-state index contributed by atoms with van der Waals surface area (Å²) in [5.41, 5.74) is 14.6. The summed E-state index contributed by atoms with van der Waals surface area (Å²) in [6.07, 6.45) is 3.56. The molecular weight excluding hydrogens is 533 g/mol. The first-order valence-corrected chi connectivity index (χ1v) is 14.9. The second-order valence-corrected chi connectivity index (χ2v) is 11.3. The van der Waals surface area contributed by atoms with Gasteiger partial charge in [0, 0.05) is 0 Å². The van der Waals surface area contributed by atoms with Crippen molar-refractivity contribution in [1.29, 1.82) is 0 Å².